The third kappa shape index (κ3) is 3.66. The highest BCUT2D eigenvalue weighted by Gasteiger charge is 2.32. The third-order valence-electron chi connectivity index (χ3n) is 4.30. The Morgan fingerprint density at radius 1 is 1.25 bits per heavy atom. The highest BCUT2D eigenvalue weighted by molar-refractivity contribution is 5.32. The van der Waals surface area contributed by atoms with E-state index in [0.717, 1.165) is 29.9 Å². The number of H-pyrrole nitrogens is 1. The lowest BCUT2D eigenvalue weighted by atomic mass is 9.95. The van der Waals surface area contributed by atoms with Crippen LogP contribution in [0, 0.1) is 5.82 Å². The summed E-state index contributed by atoms with van der Waals surface area (Å²) in [5.41, 5.74) is 3.17. The van der Waals surface area contributed by atoms with Crippen molar-refractivity contribution in [3.8, 4) is 0 Å². The highest BCUT2D eigenvalue weighted by Crippen LogP contribution is 2.33. The maximum absolute atomic E-state index is 13.3. The van der Waals surface area contributed by atoms with Gasteiger partial charge >= 0.3 is 0 Å². The van der Waals surface area contributed by atoms with Crippen LogP contribution in [0.4, 0.5) is 4.39 Å². The summed E-state index contributed by atoms with van der Waals surface area (Å²) in [4.78, 5) is 10.0. The van der Waals surface area contributed by atoms with Crippen LogP contribution < -0.4 is 0 Å². The number of hydrogen-bond donors (Lipinski definition) is 1. The topological polar surface area (TPSA) is 50.4 Å². The number of nitrogens with one attached hydrogen (secondary N) is 1. The number of aromatic amines is 1. The molecule has 2 heterocycles. The molecule has 0 fully saturated rings. The number of halogens is 1. The van der Waals surface area contributed by atoms with Crippen molar-refractivity contribution in [2.24, 2.45) is 0 Å². The van der Waals surface area contributed by atoms with Gasteiger partial charge in [0.2, 0.25) is 0 Å². The standard InChI is InChI=1S/C18H24FN3O2/c1-3-23-16(24-4-2)11-22-10-9-15-17(21-12-20-15)18(22)13-5-7-14(19)8-6-13/h5-8,12,16,18H,3-4,9-11H2,1-2H3,(H,20,21). The number of aromatic nitrogens is 2. The molecule has 5 nitrogen and oxygen atoms in total. The molecule has 6 heteroatoms. The largest absolute Gasteiger partial charge is 0.352 e. The molecule has 0 amide bonds. The van der Waals surface area contributed by atoms with Crippen LogP contribution in [0.1, 0.15) is 36.8 Å². The minimum atomic E-state index is -0.275. The van der Waals surface area contributed by atoms with E-state index in [1.807, 2.05) is 26.0 Å². The quantitative estimate of drug-likeness (QED) is 0.792. The number of imidazole rings is 1. The van der Waals surface area contributed by atoms with Crippen molar-refractivity contribution in [3.05, 3.63) is 53.4 Å². The van der Waals surface area contributed by atoms with Crippen molar-refractivity contribution in [2.75, 3.05) is 26.3 Å². The molecule has 1 unspecified atom stereocenters. The summed E-state index contributed by atoms with van der Waals surface area (Å²) in [7, 11) is 0. The van der Waals surface area contributed by atoms with Gasteiger partial charge < -0.3 is 14.5 Å². The molecular formula is C18H24FN3O2. The lowest BCUT2D eigenvalue weighted by Crippen LogP contribution is -2.42. The molecule has 0 bridgehead atoms. The molecule has 1 aromatic carbocycles. The van der Waals surface area contributed by atoms with E-state index in [2.05, 4.69) is 14.9 Å². The van der Waals surface area contributed by atoms with Gasteiger partial charge in [-0.1, -0.05) is 12.1 Å². The molecule has 0 saturated heterocycles. The van der Waals surface area contributed by atoms with E-state index in [4.69, 9.17) is 9.47 Å². The van der Waals surface area contributed by atoms with Gasteiger partial charge in [0.25, 0.3) is 0 Å². The first kappa shape index (κ1) is 17.1. The van der Waals surface area contributed by atoms with Gasteiger partial charge in [-0.05, 0) is 31.5 Å². The summed E-state index contributed by atoms with van der Waals surface area (Å²) < 4.78 is 24.7. The van der Waals surface area contributed by atoms with Crippen molar-refractivity contribution in [2.45, 2.75) is 32.6 Å². The normalized spacial score (nSPS) is 18.1. The molecule has 0 saturated carbocycles. The fourth-order valence-corrected chi connectivity index (χ4v) is 3.25. The van der Waals surface area contributed by atoms with E-state index in [-0.39, 0.29) is 18.1 Å². The maximum Gasteiger partial charge on any atom is 0.170 e. The Hall–Kier alpha value is -1.76. The van der Waals surface area contributed by atoms with Gasteiger partial charge in [-0.25, -0.2) is 9.37 Å². The fraction of sp³-hybridized carbons (Fsp3) is 0.500. The summed E-state index contributed by atoms with van der Waals surface area (Å²) in [5, 5.41) is 0. The minimum Gasteiger partial charge on any atom is -0.352 e. The summed E-state index contributed by atoms with van der Waals surface area (Å²) in [6.45, 7) is 6.65. The summed E-state index contributed by atoms with van der Waals surface area (Å²) >= 11 is 0. The molecule has 1 aromatic heterocycles. The predicted octanol–water partition coefficient (Wildman–Crippen LogP) is 2.90. The fourth-order valence-electron chi connectivity index (χ4n) is 3.25. The lowest BCUT2D eigenvalue weighted by molar-refractivity contribution is -0.150. The number of hydrogen-bond acceptors (Lipinski definition) is 4. The number of benzene rings is 1. The molecule has 2 aromatic rings. The molecular weight excluding hydrogens is 309 g/mol. The number of ether oxygens (including phenoxy) is 2. The van der Waals surface area contributed by atoms with Gasteiger partial charge in [-0.2, -0.15) is 0 Å². The number of nitrogens with zero attached hydrogens (tertiary/aromatic N) is 2. The Bertz CT molecular complexity index is 638. The van der Waals surface area contributed by atoms with Crippen LogP contribution in [0.5, 0.6) is 0 Å². The van der Waals surface area contributed by atoms with E-state index in [1.165, 1.54) is 12.1 Å². The maximum atomic E-state index is 13.3. The zero-order chi connectivity index (χ0) is 16.9. The summed E-state index contributed by atoms with van der Waals surface area (Å²) in [5.74, 6) is -0.232. The Morgan fingerprint density at radius 3 is 2.62 bits per heavy atom. The van der Waals surface area contributed by atoms with Crippen molar-refractivity contribution < 1.29 is 13.9 Å². The zero-order valence-corrected chi connectivity index (χ0v) is 14.2. The first-order chi connectivity index (χ1) is 11.7. The average Bonchev–Trinajstić information content (AvgIpc) is 3.05. The van der Waals surface area contributed by atoms with Gasteiger partial charge in [0.1, 0.15) is 5.82 Å². The molecule has 1 N–H and O–H groups in total. The number of rotatable bonds is 7. The van der Waals surface area contributed by atoms with Crippen molar-refractivity contribution >= 4 is 0 Å². The van der Waals surface area contributed by atoms with Gasteiger partial charge in [0, 0.05) is 31.9 Å². The molecule has 3 rings (SSSR count). The molecule has 130 valence electrons. The Morgan fingerprint density at radius 2 is 1.96 bits per heavy atom. The third-order valence-corrected chi connectivity index (χ3v) is 4.30. The molecule has 24 heavy (non-hydrogen) atoms. The van der Waals surface area contributed by atoms with Crippen LogP contribution in [0.3, 0.4) is 0 Å². The molecule has 1 aliphatic heterocycles. The first-order valence-electron chi connectivity index (χ1n) is 8.47. The zero-order valence-electron chi connectivity index (χ0n) is 14.2. The van der Waals surface area contributed by atoms with Gasteiger partial charge in [-0.3, -0.25) is 4.90 Å². The number of fused-ring (bicyclic) bond motifs is 1. The lowest BCUT2D eigenvalue weighted by Gasteiger charge is -2.37. The monoisotopic (exact) mass is 333 g/mol. The van der Waals surface area contributed by atoms with Gasteiger partial charge in [0.05, 0.1) is 24.6 Å². The Balaban J connectivity index is 1.88. The van der Waals surface area contributed by atoms with Crippen LogP contribution in [0.2, 0.25) is 0 Å². The van der Waals surface area contributed by atoms with E-state index in [1.54, 1.807) is 6.33 Å². The van der Waals surface area contributed by atoms with Crippen LogP contribution in [-0.4, -0.2) is 47.5 Å². The van der Waals surface area contributed by atoms with E-state index >= 15 is 0 Å². The van der Waals surface area contributed by atoms with E-state index in [0.29, 0.717) is 19.8 Å². The van der Waals surface area contributed by atoms with E-state index < -0.39 is 0 Å². The second-order valence-corrected chi connectivity index (χ2v) is 5.81. The van der Waals surface area contributed by atoms with Crippen LogP contribution >= 0.6 is 0 Å². The minimum absolute atomic E-state index is 0.0241. The molecule has 0 radical (unpaired) electrons. The first-order valence-corrected chi connectivity index (χ1v) is 8.47. The summed E-state index contributed by atoms with van der Waals surface area (Å²) in [6.07, 6.45) is 2.36. The van der Waals surface area contributed by atoms with Crippen LogP contribution in [0.15, 0.2) is 30.6 Å². The molecule has 0 aliphatic carbocycles. The van der Waals surface area contributed by atoms with Crippen molar-refractivity contribution in [1.29, 1.82) is 0 Å². The Labute approximate surface area is 141 Å². The average molecular weight is 333 g/mol. The van der Waals surface area contributed by atoms with Crippen LogP contribution in [0.25, 0.3) is 0 Å². The smallest absolute Gasteiger partial charge is 0.170 e. The molecule has 0 spiro atoms. The van der Waals surface area contributed by atoms with Crippen molar-refractivity contribution in [3.63, 3.8) is 0 Å². The van der Waals surface area contributed by atoms with Crippen molar-refractivity contribution in [1.82, 2.24) is 14.9 Å². The second-order valence-electron chi connectivity index (χ2n) is 5.81. The highest BCUT2D eigenvalue weighted by atomic mass is 19.1. The van der Waals surface area contributed by atoms with Crippen LogP contribution in [-0.2, 0) is 15.9 Å². The summed E-state index contributed by atoms with van der Waals surface area (Å²) in [6, 6.07) is 6.62. The second kappa shape index (κ2) is 7.88. The molecule has 1 atom stereocenters. The van der Waals surface area contributed by atoms with Gasteiger partial charge in [-0.15, -0.1) is 0 Å². The molecule has 1 aliphatic rings. The predicted molar refractivity (Wildman–Crippen MR) is 89.1 cm³/mol. The Kier molecular flexibility index (Phi) is 5.60. The SMILES string of the molecule is CCOC(CN1CCc2[nH]cnc2C1c1ccc(F)cc1)OCC. The van der Waals surface area contributed by atoms with Gasteiger partial charge in [0.15, 0.2) is 6.29 Å². The van der Waals surface area contributed by atoms with E-state index in [9.17, 15) is 4.39 Å².